The van der Waals surface area contributed by atoms with Gasteiger partial charge in [0.05, 0.1) is 0 Å². The second-order valence-electron chi connectivity index (χ2n) is 27.2. The van der Waals surface area contributed by atoms with Crippen LogP contribution in [0, 0.1) is 70.9 Å². The lowest BCUT2D eigenvalue weighted by Crippen LogP contribution is -2.46. The molecule has 6 aromatic heterocycles. The molecule has 9 aliphatic rings. The SMILES string of the molecule is C.CB1n2c3c4cc(F)c(F)cc4c2N=c2c4cc(F)c(F)cc4c(n21)=NC1=NC(=N3)c2cc(F)c(F)cc21.CB1n2c3c4ccc(F)cc4c2N=c2c4cc(F)ccc4c(n21)=NC1=NC(=N3)c2cc(F)ccc21.CB1n2c3c4ccc(F)cc4c2N=c2c4ccc(C)cc4c(n21)=NC1=NC(=N3)c2cc(F)ccc21. The Kier molecular flexibility index (Phi) is 12.9. The monoisotopic (exact) mass is 1460 g/mol. The van der Waals surface area contributed by atoms with Crippen molar-refractivity contribution in [1.29, 1.82) is 0 Å². The van der Waals surface area contributed by atoms with Crippen molar-refractivity contribution in [3.8, 4) is 0 Å². The molecule has 15 aromatic rings. The standard InChI is InChI=1S/C26H15BF2N6.C25H9BF6N6.C25H12BF3N6.CH4/c1-12-3-6-16-19(9-12)25-31-21-15-7-4-13(28)10-18(15)22(30-21)32-23-17-8-5-14(29)11-20(17)26-33-24(16)35(25)27(2)34(23)26;1-26-37-22-10-4-16(29)18(31)6-12(10)24(37)36-25-13-7-19(32)17(30)5-11(13)23(38(25)26)35-21-9-3-15(28)14(27)2-8(9)20(33-21)34-22;1-26-34-22-15-6-3-12(28)9-18(15)24(34)33-25-19-10-13(29)4-7-16(19)23(35(25)26)32-21-17-8-11(27)2-5-14(17)20(30-21)31-22;/h3-11H,1-2H3;2-7H,1H3;2-10H,1H3;1H4. The molecule has 0 atom stereocenters. The number of fused-ring (bicyclic) bond motifs is 30. The fraction of sp³-hybridized carbons (Fsp3) is 0.0649. The van der Waals surface area contributed by atoms with E-state index in [1.165, 1.54) is 60.7 Å². The number of aromatic nitrogens is 6. The molecule has 18 nitrogen and oxygen atoms in total. The average molecular weight is 1460 g/mol. The first-order valence-corrected chi connectivity index (χ1v) is 33.8. The molecule has 0 saturated carbocycles. The van der Waals surface area contributed by atoms with Gasteiger partial charge in [0.1, 0.15) is 96.9 Å². The van der Waals surface area contributed by atoms with Crippen LogP contribution < -0.4 is 32.9 Å². The van der Waals surface area contributed by atoms with Gasteiger partial charge in [-0.3, -0.25) is 0 Å². The highest BCUT2D eigenvalue weighted by atomic mass is 19.2. The van der Waals surface area contributed by atoms with Crippen LogP contribution in [-0.2, 0) is 0 Å². The summed E-state index contributed by atoms with van der Waals surface area (Å²) in [6.45, 7) is 6.51. The molecule has 0 radical (unpaired) electrons. The van der Waals surface area contributed by atoms with Crippen molar-refractivity contribution in [2.75, 3.05) is 0 Å². The molecule has 0 fully saturated rings. The highest BCUT2D eigenvalue weighted by molar-refractivity contribution is 6.58. The Hall–Kier alpha value is -13.5. The van der Waals surface area contributed by atoms with Crippen LogP contribution in [0.5, 0.6) is 0 Å². The maximum atomic E-state index is 14.4. The van der Waals surface area contributed by atoms with Gasteiger partial charge in [-0.15, -0.1) is 0 Å². The number of rotatable bonds is 0. The number of aliphatic imine (C=N–C) groups is 6. The largest absolute Gasteiger partial charge is 0.386 e. The minimum Gasteiger partial charge on any atom is -0.334 e. The van der Waals surface area contributed by atoms with Crippen molar-refractivity contribution < 1.29 is 48.3 Å². The van der Waals surface area contributed by atoms with E-state index in [9.17, 15) is 48.3 Å². The summed E-state index contributed by atoms with van der Waals surface area (Å²) < 4.78 is 169. The lowest BCUT2D eigenvalue weighted by atomic mass is 9.78. The zero-order valence-electron chi connectivity index (χ0n) is 55.8. The van der Waals surface area contributed by atoms with E-state index in [1.807, 2.05) is 27.2 Å². The molecule has 0 spiro atoms. The Morgan fingerprint density at radius 3 is 0.899 bits per heavy atom. The molecule has 24 rings (SSSR count). The maximum Gasteiger partial charge on any atom is 0.386 e. The van der Waals surface area contributed by atoms with E-state index in [1.54, 1.807) is 46.1 Å². The summed E-state index contributed by atoms with van der Waals surface area (Å²) in [6.07, 6.45) is 0. The Morgan fingerprint density at radius 2 is 0.477 bits per heavy atom. The molecule has 524 valence electrons. The second kappa shape index (κ2) is 22.0. The third-order valence-corrected chi connectivity index (χ3v) is 21.1. The molecule has 0 aliphatic carbocycles. The molecule has 0 amide bonds. The zero-order valence-corrected chi connectivity index (χ0v) is 55.8. The van der Waals surface area contributed by atoms with Crippen LogP contribution in [0.4, 0.5) is 83.2 Å². The first-order chi connectivity index (χ1) is 52.2. The smallest absolute Gasteiger partial charge is 0.334 e. The van der Waals surface area contributed by atoms with Crippen LogP contribution in [0.25, 0.3) is 64.6 Å². The highest BCUT2D eigenvalue weighted by Gasteiger charge is 2.39. The molecule has 32 heteroatoms. The van der Waals surface area contributed by atoms with E-state index in [2.05, 4.69) is 54.5 Å². The van der Waals surface area contributed by atoms with Crippen LogP contribution in [0.2, 0.25) is 20.5 Å². The lowest BCUT2D eigenvalue weighted by Gasteiger charge is -2.20. The van der Waals surface area contributed by atoms with Crippen molar-refractivity contribution >= 4 is 156 Å². The van der Waals surface area contributed by atoms with Crippen LogP contribution in [0.3, 0.4) is 0 Å². The van der Waals surface area contributed by atoms with E-state index >= 15 is 0 Å². The Bertz CT molecular complexity index is 7620. The minimum absolute atomic E-state index is 0. The maximum absolute atomic E-state index is 14.4. The Labute approximate surface area is 604 Å². The van der Waals surface area contributed by atoms with Gasteiger partial charge in [0.25, 0.3) is 0 Å². The fourth-order valence-electron chi connectivity index (χ4n) is 16.3. The first-order valence-electron chi connectivity index (χ1n) is 33.8. The average Bonchev–Trinajstić information content (AvgIpc) is 1.54. The van der Waals surface area contributed by atoms with Crippen molar-refractivity contribution in [2.24, 2.45) is 59.9 Å². The van der Waals surface area contributed by atoms with Crippen molar-refractivity contribution in [3.05, 3.63) is 281 Å². The van der Waals surface area contributed by atoms with Gasteiger partial charge in [-0.1, -0.05) is 25.1 Å². The van der Waals surface area contributed by atoms with Crippen molar-refractivity contribution in [1.82, 2.24) is 26.9 Å². The van der Waals surface area contributed by atoms with E-state index in [-0.39, 0.29) is 100.0 Å². The molecular weight excluding hydrogens is 1420 g/mol. The van der Waals surface area contributed by atoms with Gasteiger partial charge in [0.2, 0.25) is 0 Å². The molecule has 0 N–H and O–H groups in total. The van der Waals surface area contributed by atoms with Crippen LogP contribution in [-0.4, -0.2) is 82.8 Å². The number of benzene rings is 9. The first kappa shape index (κ1) is 63.9. The summed E-state index contributed by atoms with van der Waals surface area (Å²) in [4.78, 5) is 57.2. The fourth-order valence-corrected chi connectivity index (χ4v) is 16.3. The summed E-state index contributed by atoms with van der Waals surface area (Å²) in [7, 11) is 0. The van der Waals surface area contributed by atoms with Crippen LogP contribution in [0.1, 0.15) is 46.4 Å². The molecule has 109 heavy (non-hydrogen) atoms. The van der Waals surface area contributed by atoms with Gasteiger partial charge in [0.15, 0.2) is 69.9 Å². The Balaban J connectivity index is 0.000000104. The number of halogens is 11. The third-order valence-electron chi connectivity index (χ3n) is 21.1. The third kappa shape index (κ3) is 8.71. The van der Waals surface area contributed by atoms with Gasteiger partial charge in [0, 0.05) is 98.0 Å². The van der Waals surface area contributed by atoms with Crippen LogP contribution in [0.15, 0.2) is 206 Å². The van der Waals surface area contributed by atoms with E-state index < -0.39 is 59.3 Å². The quantitative estimate of drug-likeness (QED) is 0.104. The predicted octanol–water partition coefficient (Wildman–Crippen LogP) is 14.0. The van der Waals surface area contributed by atoms with E-state index in [4.69, 9.17) is 34.9 Å². The highest BCUT2D eigenvalue weighted by Crippen LogP contribution is 2.46. The molecule has 15 heterocycles. The molecule has 0 unspecified atom stereocenters. The topological polar surface area (TPSA) is 178 Å². The number of hydrogen-bond acceptors (Lipinski definition) is 12. The van der Waals surface area contributed by atoms with Crippen molar-refractivity contribution in [2.45, 2.75) is 34.8 Å². The molecule has 12 bridgehead atoms. The minimum atomic E-state index is -1.14. The summed E-state index contributed by atoms with van der Waals surface area (Å²) in [5.74, 6) is -4.58. The number of aryl methyl sites for hydroxylation is 1. The molecule has 0 saturated heterocycles. The molecular formula is C77H40B3F11N18. The van der Waals surface area contributed by atoms with Gasteiger partial charge in [-0.05, 0) is 161 Å². The summed E-state index contributed by atoms with van der Waals surface area (Å²) in [5.41, 5.74) is 6.72. The van der Waals surface area contributed by atoms with Gasteiger partial charge >= 0.3 is 20.9 Å². The summed E-state index contributed by atoms with van der Waals surface area (Å²) >= 11 is 0. The number of hydrogen-bond donors (Lipinski definition) is 0. The molecule has 9 aromatic carbocycles. The number of amidine groups is 6. The second-order valence-corrected chi connectivity index (χ2v) is 27.2. The van der Waals surface area contributed by atoms with Gasteiger partial charge in [-0.25, -0.2) is 108 Å². The lowest BCUT2D eigenvalue weighted by molar-refractivity contribution is 0.508. The van der Waals surface area contributed by atoms with Crippen LogP contribution >= 0.6 is 0 Å². The summed E-state index contributed by atoms with van der Waals surface area (Å²) in [6, 6.07) is 34.5. The van der Waals surface area contributed by atoms with E-state index in [0.29, 0.717) is 101 Å². The summed E-state index contributed by atoms with van der Waals surface area (Å²) in [5, 5.41) is 6.71. The van der Waals surface area contributed by atoms with E-state index in [0.717, 1.165) is 74.7 Å². The molecule has 9 aliphatic heterocycles. The van der Waals surface area contributed by atoms with Gasteiger partial charge < -0.3 is 26.9 Å². The normalized spacial score (nSPS) is 14.8. The zero-order chi connectivity index (χ0) is 73.4. The Morgan fingerprint density at radius 1 is 0.220 bits per heavy atom. The van der Waals surface area contributed by atoms with Crippen molar-refractivity contribution in [3.63, 3.8) is 0 Å². The predicted molar refractivity (Wildman–Crippen MR) is 393 cm³/mol. The number of nitrogens with zero attached hydrogens (tertiary/aromatic N) is 18. The van der Waals surface area contributed by atoms with Gasteiger partial charge in [-0.2, -0.15) is 0 Å².